The minimum atomic E-state index is -0.724. The van der Waals surface area contributed by atoms with Crippen LogP contribution >= 0.6 is 0 Å². The van der Waals surface area contributed by atoms with Crippen molar-refractivity contribution in [2.75, 3.05) is 35.0 Å². The second kappa shape index (κ2) is 11.0. The van der Waals surface area contributed by atoms with E-state index in [0.29, 0.717) is 0 Å². The lowest BCUT2D eigenvalue weighted by Gasteiger charge is -2.20. The zero-order valence-corrected chi connectivity index (χ0v) is 12.7. The Hall–Kier alpha value is -1.67. The second-order valence-corrected chi connectivity index (χ2v) is 4.33. The van der Waals surface area contributed by atoms with Crippen molar-refractivity contribution in [3.05, 3.63) is 0 Å². The molecule has 122 valence electrons. The van der Waals surface area contributed by atoms with Crippen molar-refractivity contribution in [3.8, 4) is 0 Å². The zero-order chi connectivity index (χ0) is 16.3. The predicted molar refractivity (Wildman–Crippen MR) is 69.8 cm³/mol. The molecule has 0 radical (unpaired) electrons. The second-order valence-electron chi connectivity index (χ2n) is 4.33. The van der Waals surface area contributed by atoms with Crippen LogP contribution in [0.4, 0.5) is 0 Å². The van der Waals surface area contributed by atoms with Crippen LogP contribution in [0, 0.1) is 11.8 Å². The first-order chi connectivity index (χ1) is 9.98. The Morgan fingerprint density at radius 1 is 0.857 bits per heavy atom. The minimum absolute atomic E-state index is 0.0362. The molecule has 1 unspecified atom stereocenters. The summed E-state index contributed by atoms with van der Waals surface area (Å²) in [5.41, 5.74) is 0. The molecule has 0 saturated heterocycles. The molecule has 0 aliphatic heterocycles. The molecule has 0 spiro atoms. The normalized spacial score (nSPS) is 13.1. The molecule has 21 heavy (non-hydrogen) atoms. The molecule has 0 N–H and O–H groups in total. The average molecular weight is 306 g/mol. The van der Waals surface area contributed by atoms with E-state index in [1.807, 2.05) is 0 Å². The van der Waals surface area contributed by atoms with E-state index in [2.05, 4.69) is 19.1 Å². The van der Waals surface area contributed by atoms with Gasteiger partial charge < -0.3 is 14.2 Å². The predicted octanol–water partition coefficient (Wildman–Crippen LogP) is 0.486. The van der Waals surface area contributed by atoms with E-state index in [1.165, 1.54) is 28.4 Å². The largest absolute Gasteiger partial charge is 0.469 e. The molecule has 0 heterocycles. The highest BCUT2D eigenvalue weighted by Crippen LogP contribution is 2.22. The minimum Gasteiger partial charge on any atom is -0.469 e. The standard InChI is InChI=1S/C13H22O8/c1-17-11(14)6-9(8-21-20-4)5-10(13(16)19-3)7-12(15)18-2/h9-10H,5-8H2,1-4H3/t9-,10?/m1/s1. The molecule has 8 nitrogen and oxygen atoms in total. The van der Waals surface area contributed by atoms with Crippen LogP contribution in [0.15, 0.2) is 0 Å². The molecule has 0 amide bonds. The fraction of sp³-hybridized carbons (Fsp3) is 0.769. The summed E-state index contributed by atoms with van der Waals surface area (Å²) < 4.78 is 13.8. The summed E-state index contributed by atoms with van der Waals surface area (Å²) in [6, 6.07) is 0. The number of hydrogen-bond donors (Lipinski definition) is 0. The molecule has 0 aromatic rings. The van der Waals surface area contributed by atoms with Gasteiger partial charge in [0.1, 0.15) is 0 Å². The molecule has 0 rings (SSSR count). The molecular formula is C13H22O8. The molecule has 0 aromatic carbocycles. The van der Waals surface area contributed by atoms with Crippen LogP contribution in [0.2, 0.25) is 0 Å². The van der Waals surface area contributed by atoms with E-state index in [-0.39, 0.29) is 31.8 Å². The van der Waals surface area contributed by atoms with Crippen LogP contribution in [-0.4, -0.2) is 53.0 Å². The molecule has 0 aromatic heterocycles. The van der Waals surface area contributed by atoms with Gasteiger partial charge in [-0.1, -0.05) is 0 Å². The Kier molecular flexibility index (Phi) is 10.2. The van der Waals surface area contributed by atoms with Gasteiger partial charge in [0, 0.05) is 0 Å². The molecule has 0 saturated carbocycles. The van der Waals surface area contributed by atoms with Crippen molar-refractivity contribution < 1.29 is 38.4 Å². The van der Waals surface area contributed by atoms with Gasteiger partial charge in [-0.15, -0.1) is 0 Å². The van der Waals surface area contributed by atoms with Gasteiger partial charge in [0.15, 0.2) is 0 Å². The van der Waals surface area contributed by atoms with E-state index < -0.39 is 23.8 Å². The van der Waals surface area contributed by atoms with Crippen LogP contribution in [0.25, 0.3) is 0 Å². The number of hydrogen-bond acceptors (Lipinski definition) is 8. The smallest absolute Gasteiger partial charge is 0.309 e. The van der Waals surface area contributed by atoms with Crippen molar-refractivity contribution in [2.45, 2.75) is 19.3 Å². The van der Waals surface area contributed by atoms with Crippen molar-refractivity contribution >= 4 is 17.9 Å². The quantitative estimate of drug-likeness (QED) is 0.249. The Balaban J connectivity index is 4.78. The maximum Gasteiger partial charge on any atom is 0.309 e. The third kappa shape index (κ3) is 8.26. The van der Waals surface area contributed by atoms with Crippen LogP contribution in [0.5, 0.6) is 0 Å². The monoisotopic (exact) mass is 306 g/mol. The molecule has 0 fully saturated rings. The van der Waals surface area contributed by atoms with Crippen molar-refractivity contribution in [1.29, 1.82) is 0 Å². The fourth-order valence-electron chi connectivity index (χ4n) is 1.81. The van der Waals surface area contributed by atoms with Crippen molar-refractivity contribution in [1.82, 2.24) is 0 Å². The Bertz CT molecular complexity index is 341. The topological polar surface area (TPSA) is 97.4 Å². The summed E-state index contributed by atoms with van der Waals surface area (Å²) in [6.45, 7) is 0.0836. The average Bonchev–Trinajstić information content (AvgIpc) is 2.50. The summed E-state index contributed by atoms with van der Waals surface area (Å²) in [5.74, 6) is -2.60. The summed E-state index contributed by atoms with van der Waals surface area (Å²) in [4.78, 5) is 43.7. The number of carbonyl (C=O) groups excluding carboxylic acids is 3. The Morgan fingerprint density at radius 2 is 1.43 bits per heavy atom. The molecule has 0 aliphatic carbocycles. The Morgan fingerprint density at radius 3 is 1.90 bits per heavy atom. The van der Waals surface area contributed by atoms with Crippen molar-refractivity contribution in [2.24, 2.45) is 11.8 Å². The molecule has 0 bridgehead atoms. The number of ether oxygens (including phenoxy) is 3. The maximum absolute atomic E-state index is 11.7. The highest BCUT2D eigenvalue weighted by Gasteiger charge is 2.28. The fourth-order valence-corrected chi connectivity index (χ4v) is 1.81. The van der Waals surface area contributed by atoms with E-state index in [0.717, 1.165) is 0 Å². The van der Waals surface area contributed by atoms with Gasteiger partial charge in [-0.25, -0.2) is 9.78 Å². The summed E-state index contributed by atoms with van der Waals surface area (Å²) >= 11 is 0. The summed E-state index contributed by atoms with van der Waals surface area (Å²) in [7, 11) is 5.06. The Labute approximate surface area is 123 Å². The van der Waals surface area contributed by atoms with Gasteiger partial charge in [0.25, 0.3) is 0 Å². The number of rotatable bonds is 10. The first kappa shape index (κ1) is 19.3. The highest BCUT2D eigenvalue weighted by atomic mass is 17.2. The van der Waals surface area contributed by atoms with E-state index in [1.54, 1.807) is 0 Å². The van der Waals surface area contributed by atoms with Gasteiger partial charge in [-0.3, -0.25) is 14.4 Å². The summed E-state index contributed by atoms with van der Waals surface area (Å²) in [6.07, 6.45) is 0.114. The summed E-state index contributed by atoms with van der Waals surface area (Å²) in [5, 5.41) is 0. The van der Waals surface area contributed by atoms with Gasteiger partial charge in [-0.05, 0) is 12.3 Å². The SMILES string of the molecule is COOC[C@@H](CC(=O)OC)CC(CC(=O)OC)C(=O)OC. The maximum atomic E-state index is 11.7. The van der Waals surface area contributed by atoms with Crippen LogP contribution in [0.3, 0.4) is 0 Å². The van der Waals surface area contributed by atoms with Crippen LogP contribution in [-0.2, 0) is 38.4 Å². The first-order valence-corrected chi connectivity index (χ1v) is 6.35. The third-order valence-corrected chi connectivity index (χ3v) is 2.90. The molecule has 8 heteroatoms. The lowest BCUT2D eigenvalue weighted by atomic mass is 9.90. The lowest BCUT2D eigenvalue weighted by molar-refractivity contribution is -0.280. The highest BCUT2D eigenvalue weighted by molar-refractivity contribution is 5.80. The molecule has 0 aliphatic rings. The molecular weight excluding hydrogens is 284 g/mol. The third-order valence-electron chi connectivity index (χ3n) is 2.90. The zero-order valence-electron chi connectivity index (χ0n) is 12.7. The van der Waals surface area contributed by atoms with Crippen molar-refractivity contribution in [3.63, 3.8) is 0 Å². The number of carbonyl (C=O) groups is 3. The molecule has 2 atom stereocenters. The van der Waals surface area contributed by atoms with Gasteiger partial charge in [-0.2, -0.15) is 0 Å². The van der Waals surface area contributed by atoms with Crippen LogP contribution < -0.4 is 0 Å². The van der Waals surface area contributed by atoms with Gasteiger partial charge in [0.05, 0.1) is 53.8 Å². The lowest BCUT2D eigenvalue weighted by Crippen LogP contribution is -2.26. The van der Waals surface area contributed by atoms with Gasteiger partial charge in [0.2, 0.25) is 0 Å². The van der Waals surface area contributed by atoms with Gasteiger partial charge >= 0.3 is 17.9 Å². The van der Waals surface area contributed by atoms with E-state index in [9.17, 15) is 14.4 Å². The van der Waals surface area contributed by atoms with E-state index >= 15 is 0 Å². The number of methoxy groups -OCH3 is 3. The van der Waals surface area contributed by atoms with E-state index in [4.69, 9.17) is 4.89 Å². The van der Waals surface area contributed by atoms with Crippen LogP contribution in [0.1, 0.15) is 19.3 Å². The first-order valence-electron chi connectivity index (χ1n) is 6.35. The number of esters is 3.